The molecule has 0 radical (unpaired) electrons. The number of nitrogens with one attached hydrogen (secondary N) is 2. The van der Waals surface area contributed by atoms with Crippen LogP contribution in [0.5, 0.6) is 5.75 Å². The van der Waals surface area contributed by atoms with Crippen LogP contribution in [0.25, 0.3) is 0 Å². The van der Waals surface area contributed by atoms with Gasteiger partial charge in [-0.25, -0.2) is 0 Å². The lowest BCUT2D eigenvalue weighted by Crippen LogP contribution is -2.31. The number of ether oxygens (including phenoxy) is 3. The van der Waals surface area contributed by atoms with Gasteiger partial charge in [-0.1, -0.05) is 6.07 Å². The number of hydrogen-bond acceptors (Lipinski definition) is 4. The van der Waals surface area contributed by atoms with Crippen molar-refractivity contribution in [3.05, 3.63) is 24.3 Å². The van der Waals surface area contributed by atoms with Gasteiger partial charge in [-0.15, -0.1) is 0 Å². The normalized spacial score (nSPS) is 11.3. The average molecular weight is 323 g/mol. The number of guanidine groups is 1. The molecule has 0 aliphatic heterocycles. The van der Waals surface area contributed by atoms with Crippen LogP contribution in [0, 0.1) is 0 Å². The van der Waals surface area contributed by atoms with Gasteiger partial charge in [-0.2, -0.15) is 0 Å². The van der Waals surface area contributed by atoms with E-state index in [1.54, 1.807) is 7.11 Å². The number of nitrogens with zero attached hydrogens (tertiary/aromatic N) is 1. The quantitative estimate of drug-likeness (QED) is 0.372. The molecule has 130 valence electrons. The smallest absolute Gasteiger partial charge is 0.195 e. The summed E-state index contributed by atoms with van der Waals surface area (Å²) in [5.41, 5.74) is 0.936. The fourth-order valence-electron chi connectivity index (χ4n) is 1.87. The summed E-state index contributed by atoms with van der Waals surface area (Å²) >= 11 is 0. The first kappa shape index (κ1) is 19.3. The van der Waals surface area contributed by atoms with E-state index in [0.29, 0.717) is 33.0 Å². The first-order valence-electron chi connectivity index (χ1n) is 8.15. The van der Waals surface area contributed by atoms with Crippen LogP contribution in [0.4, 0.5) is 5.69 Å². The first-order chi connectivity index (χ1) is 11.3. The fraction of sp³-hybridized carbons (Fsp3) is 0.588. The molecule has 1 aromatic rings. The number of benzene rings is 1. The standard InChI is InChI=1S/C17H29N3O3/c1-4-18-17(19-10-13-22-5-2)20-15-8-6-9-16(14-15)23-12-7-11-21-3/h6,8-9,14H,4-5,7,10-13H2,1-3H3,(H2,18,19,20). The van der Waals surface area contributed by atoms with Crippen molar-refractivity contribution in [2.75, 3.05) is 51.9 Å². The molecule has 1 aromatic carbocycles. The Balaban J connectivity index is 2.54. The highest BCUT2D eigenvalue weighted by atomic mass is 16.5. The number of anilines is 1. The van der Waals surface area contributed by atoms with Crippen molar-refractivity contribution in [2.45, 2.75) is 20.3 Å². The van der Waals surface area contributed by atoms with Gasteiger partial charge in [0.1, 0.15) is 5.75 Å². The topological polar surface area (TPSA) is 64.1 Å². The molecule has 0 amide bonds. The second kappa shape index (κ2) is 12.7. The second-order valence-corrected chi connectivity index (χ2v) is 4.81. The van der Waals surface area contributed by atoms with Gasteiger partial charge in [-0.3, -0.25) is 4.99 Å². The zero-order valence-corrected chi connectivity index (χ0v) is 14.4. The van der Waals surface area contributed by atoms with E-state index < -0.39 is 0 Å². The van der Waals surface area contributed by atoms with Gasteiger partial charge in [-0.05, 0) is 26.0 Å². The highest BCUT2D eigenvalue weighted by molar-refractivity contribution is 5.93. The minimum absolute atomic E-state index is 0.621. The molecular formula is C17H29N3O3. The third kappa shape index (κ3) is 9.05. The molecule has 0 unspecified atom stereocenters. The molecule has 6 heteroatoms. The Bertz CT molecular complexity index is 452. The minimum Gasteiger partial charge on any atom is -0.493 e. The van der Waals surface area contributed by atoms with Crippen molar-refractivity contribution in [3.8, 4) is 5.75 Å². The van der Waals surface area contributed by atoms with E-state index in [0.717, 1.165) is 30.4 Å². The largest absolute Gasteiger partial charge is 0.493 e. The summed E-state index contributed by atoms with van der Waals surface area (Å²) in [6, 6.07) is 7.84. The Hall–Kier alpha value is -1.79. The predicted octanol–water partition coefficient (Wildman–Crippen LogP) is 2.52. The summed E-state index contributed by atoms with van der Waals surface area (Å²) < 4.78 is 16.0. The average Bonchev–Trinajstić information content (AvgIpc) is 2.56. The third-order valence-corrected chi connectivity index (χ3v) is 2.91. The van der Waals surface area contributed by atoms with Crippen LogP contribution in [0.2, 0.25) is 0 Å². The summed E-state index contributed by atoms with van der Waals surface area (Å²) in [6.07, 6.45) is 0.871. The van der Waals surface area contributed by atoms with Gasteiger partial charge in [0.2, 0.25) is 0 Å². The summed E-state index contributed by atoms with van der Waals surface area (Å²) in [6.45, 7) is 8.11. The molecule has 0 aromatic heterocycles. The summed E-state index contributed by atoms with van der Waals surface area (Å²) in [5.74, 6) is 1.57. The van der Waals surface area contributed by atoms with Crippen LogP contribution >= 0.6 is 0 Å². The highest BCUT2D eigenvalue weighted by Crippen LogP contribution is 2.17. The zero-order valence-electron chi connectivity index (χ0n) is 14.4. The maximum Gasteiger partial charge on any atom is 0.195 e. The molecular weight excluding hydrogens is 294 g/mol. The Morgan fingerprint density at radius 1 is 1.17 bits per heavy atom. The van der Waals surface area contributed by atoms with Crippen LogP contribution in [0.1, 0.15) is 20.3 Å². The van der Waals surface area contributed by atoms with Crippen molar-refractivity contribution < 1.29 is 14.2 Å². The van der Waals surface area contributed by atoms with Gasteiger partial charge < -0.3 is 24.8 Å². The highest BCUT2D eigenvalue weighted by Gasteiger charge is 2.01. The first-order valence-corrected chi connectivity index (χ1v) is 8.15. The maximum atomic E-state index is 5.70. The minimum atomic E-state index is 0.621. The lowest BCUT2D eigenvalue weighted by atomic mass is 10.3. The molecule has 6 nitrogen and oxygen atoms in total. The Morgan fingerprint density at radius 2 is 2.04 bits per heavy atom. The molecule has 0 aliphatic carbocycles. The zero-order chi connectivity index (χ0) is 16.8. The number of rotatable bonds is 11. The molecule has 0 atom stereocenters. The van der Waals surface area contributed by atoms with Gasteiger partial charge in [0.25, 0.3) is 0 Å². The van der Waals surface area contributed by atoms with Crippen LogP contribution in [-0.2, 0) is 9.47 Å². The van der Waals surface area contributed by atoms with Gasteiger partial charge in [0.05, 0.1) is 19.8 Å². The molecule has 0 aliphatic rings. The molecule has 0 fully saturated rings. The van der Waals surface area contributed by atoms with E-state index in [1.807, 2.05) is 38.1 Å². The van der Waals surface area contributed by atoms with E-state index in [9.17, 15) is 0 Å². The fourth-order valence-corrected chi connectivity index (χ4v) is 1.87. The molecule has 0 bridgehead atoms. The molecule has 0 saturated carbocycles. The predicted molar refractivity (Wildman–Crippen MR) is 94.5 cm³/mol. The van der Waals surface area contributed by atoms with Crippen LogP contribution < -0.4 is 15.4 Å². The molecule has 2 N–H and O–H groups in total. The van der Waals surface area contributed by atoms with Crippen molar-refractivity contribution >= 4 is 11.6 Å². The Labute approximate surface area is 139 Å². The van der Waals surface area contributed by atoms with Gasteiger partial charge in [0.15, 0.2) is 5.96 Å². The van der Waals surface area contributed by atoms with Gasteiger partial charge >= 0.3 is 0 Å². The number of hydrogen-bond donors (Lipinski definition) is 2. The van der Waals surface area contributed by atoms with E-state index in [-0.39, 0.29) is 0 Å². The summed E-state index contributed by atoms with van der Waals surface area (Å²) in [7, 11) is 1.69. The second-order valence-electron chi connectivity index (χ2n) is 4.81. The lowest BCUT2D eigenvalue weighted by molar-refractivity contribution is 0.156. The van der Waals surface area contributed by atoms with Crippen molar-refractivity contribution in [2.24, 2.45) is 4.99 Å². The van der Waals surface area contributed by atoms with Crippen LogP contribution in [0.15, 0.2) is 29.3 Å². The molecule has 0 spiro atoms. The SMILES string of the molecule is CCNC(=NCCOCC)Nc1cccc(OCCCOC)c1. The summed E-state index contributed by atoms with van der Waals surface area (Å²) in [5, 5.41) is 6.49. The summed E-state index contributed by atoms with van der Waals surface area (Å²) in [4.78, 5) is 4.47. The molecule has 0 saturated heterocycles. The van der Waals surface area contributed by atoms with Gasteiger partial charge in [0, 0.05) is 45.0 Å². The van der Waals surface area contributed by atoms with Crippen LogP contribution in [0.3, 0.4) is 0 Å². The molecule has 1 rings (SSSR count). The van der Waals surface area contributed by atoms with Crippen molar-refractivity contribution in [1.29, 1.82) is 0 Å². The van der Waals surface area contributed by atoms with Crippen molar-refractivity contribution in [1.82, 2.24) is 5.32 Å². The van der Waals surface area contributed by atoms with E-state index >= 15 is 0 Å². The molecule has 23 heavy (non-hydrogen) atoms. The Kier molecular flexibility index (Phi) is 10.7. The van der Waals surface area contributed by atoms with E-state index in [4.69, 9.17) is 14.2 Å². The molecule has 0 heterocycles. The van der Waals surface area contributed by atoms with Crippen LogP contribution in [-0.4, -0.2) is 52.6 Å². The number of methoxy groups -OCH3 is 1. The maximum absolute atomic E-state index is 5.70. The van der Waals surface area contributed by atoms with E-state index in [2.05, 4.69) is 15.6 Å². The third-order valence-electron chi connectivity index (χ3n) is 2.91. The van der Waals surface area contributed by atoms with Crippen molar-refractivity contribution in [3.63, 3.8) is 0 Å². The van der Waals surface area contributed by atoms with E-state index in [1.165, 1.54) is 0 Å². The lowest BCUT2D eigenvalue weighted by Gasteiger charge is -2.13. The monoisotopic (exact) mass is 323 g/mol. The Morgan fingerprint density at radius 3 is 2.78 bits per heavy atom. The number of aliphatic imine (C=N–C) groups is 1.